The zero-order chi connectivity index (χ0) is 31.4. The fraction of sp³-hybridized carbons (Fsp3) is 0. The predicted octanol–water partition coefficient (Wildman–Crippen LogP) is 9.50. The average Bonchev–Trinajstić information content (AvgIpc) is 3.65. The summed E-state index contributed by atoms with van der Waals surface area (Å²) in [6.07, 6.45) is 0. The summed E-state index contributed by atoms with van der Waals surface area (Å²) < 4.78 is 8.28. The standard InChI is InChI=1S/C40H19N5O/c41-20-26-5-3-6-27(21-42)39(26)24-12-15-35-33(17-24)31-14-11-25(40-28(22-43)7-4-8-29(40)23-44)18-36(31)45(35)30-13-16-38-34(19-30)32-9-1-2-10-37(32)46-38/h1-19H. The van der Waals surface area contributed by atoms with E-state index < -0.39 is 0 Å². The third-order valence-corrected chi connectivity index (χ3v) is 8.57. The number of rotatable bonds is 3. The number of fused-ring (bicyclic) bond motifs is 6. The van der Waals surface area contributed by atoms with Gasteiger partial charge in [-0.25, -0.2) is 0 Å². The van der Waals surface area contributed by atoms with Crippen molar-refractivity contribution >= 4 is 43.7 Å². The Bertz CT molecular complexity index is 2690. The maximum Gasteiger partial charge on any atom is 0.135 e. The van der Waals surface area contributed by atoms with Crippen LogP contribution in [0.1, 0.15) is 22.3 Å². The molecule has 0 atom stereocenters. The zero-order valence-electron chi connectivity index (χ0n) is 24.1. The SMILES string of the molecule is N#Cc1cccc(C#N)c1-c1ccc2c(c1)c1ccc(-c3c(C#N)cccc3C#N)cc1n2-c1ccc2oc3ccccc3c2c1. The van der Waals surface area contributed by atoms with Gasteiger partial charge >= 0.3 is 0 Å². The molecule has 0 bridgehead atoms. The number of benzene rings is 6. The van der Waals surface area contributed by atoms with E-state index in [-0.39, 0.29) is 0 Å². The minimum Gasteiger partial charge on any atom is -0.456 e. The van der Waals surface area contributed by atoms with E-state index in [4.69, 9.17) is 4.42 Å². The third kappa shape index (κ3) is 3.86. The minimum absolute atomic E-state index is 0.423. The Morgan fingerprint density at radius 2 is 1.02 bits per heavy atom. The van der Waals surface area contributed by atoms with Crippen LogP contribution in [-0.4, -0.2) is 4.57 Å². The summed E-state index contributed by atoms with van der Waals surface area (Å²) in [5, 5.41) is 43.5. The van der Waals surface area contributed by atoms with Gasteiger partial charge in [0.15, 0.2) is 0 Å². The molecule has 6 heteroatoms. The Hall–Kier alpha value is -7.12. The highest BCUT2D eigenvalue weighted by Crippen LogP contribution is 2.40. The molecule has 0 aliphatic carbocycles. The van der Waals surface area contributed by atoms with Crippen molar-refractivity contribution in [3.05, 3.63) is 138 Å². The highest BCUT2D eigenvalue weighted by molar-refractivity contribution is 6.12. The van der Waals surface area contributed by atoms with Crippen molar-refractivity contribution in [1.29, 1.82) is 21.0 Å². The summed E-state index contributed by atoms with van der Waals surface area (Å²) in [7, 11) is 0. The first-order valence-electron chi connectivity index (χ1n) is 14.5. The van der Waals surface area contributed by atoms with Crippen LogP contribution >= 0.6 is 0 Å². The van der Waals surface area contributed by atoms with Gasteiger partial charge in [-0.2, -0.15) is 21.0 Å². The molecule has 2 heterocycles. The van der Waals surface area contributed by atoms with E-state index in [1.807, 2.05) is 72.8 Å². The van der Waals surface area contributed by atoms with Crippen molar-refractivity contribution in [2.45, 2.75) is 0 Å². The van der Waals surface area contributed by atoms with Crippen LogP contribution in [0.2, 0.25) is 0 Å². The first kappa shape index (κ1) is 26.5. The molecule has 6 nitrogen and oxygen atoms in total. The molecule has 0 spiro atoms. The Morgan fingerprint density at radius 1 is 0.435 bits per heavy atom. The first-order chi connectivity index (χ1) is 22.6. The maximum atomic E-state index is 9.93. The molecule has 0 fully saturated rings. The van der Waals surface area contributed by atoms with Crippen LogP contribution in [0.4, 0.5) is 0 Å². The van der Waals surface area contributed by atoms with Crippen LogP contribution in [0.25, 0.3) is 71.7 Å². The van der Waals surface area contributed by atoms with Crippen LogP contribution in [0, 0.1) is 45.3 Å². The molecule has 0 N–H and O–H groups in total. The van der Waals surface area contributed by atoms with Crippen molar-refractivity contribution in [1.82, 2.24) is 4.57 Å². The number of nitrogens with zero attached hydrogens (tertiary/aromatic N) is 5. The molecule has 0 radical (unpaired) electrons. The van der Waals surface area contributed by atoms with Gasteiger partial charge in [-0.3, -0.25) is 0 Å². The Labute approximate surface area is 263 Å². The molecule has 210 valence electrons. The summed E-state index contributed by atoms with van der Waals surface area (Å²) >= 11 is 0. The second-order valence-electron chi connectivity index (χ2n) is 11.0. The molecule has 0 unspecified atom stereocenters. The molecule has 0 saturated carbocycles. The van der Waals surface area contributed by atoms with E-state index in [0.717, 1.165) is 60.6 Å². The minimum atomic E-state index is 0.423. The van der Waals surface area contributed by atoms with Crippen molar-refractivity contribution in [3.8, 4) is 52.2 Å². The molecular weight excluding hydrogens is 566 g/mol. The van der Waals surface area contributed by atoms with Crippen molar-refractivity contribution in [3.63, 3.8) is 0 Å². The van der Waals surface area contributed by atoms with Gasteiger partial charge in [0.1, 0.15) is 11.2 Å². The van der Waals surface area contributed by atoms with Gasteiger partial charge in [-0.1, -0.05) is 48.5 Å². The summed E-state index contributed by atoms with van der Waals surface area (Å²) in [4.78, 5) is 0. The number of hydrogen-bond acceptors (Lipinski definition) is 5. The van der Waals surface area contributed by atoms with E-state index in [0.29, 0.717) is 33.4 Å². The van der Waals surface area contributed by atoms with Gasteiger partial charge in [-0.15, -0.1) is 0 Å². The third-order valence-electron chi connectivity index (χ3n) is 8.57. The summed E-state index contributed by atoms with van der Waals surface area (Å²) in [6.45, 7) is 0. The van der Waals surface area contributed by atoms with Crippen LogP contribution in [0.3, 0.4) is 0 Å². The van der Waals surface area contributed by atoms with Crippen LogP contribution in [0.15, 0.2) is 120 Å². The van der Waals surface area contributed by atoms with Gasteiger partial charge in [0.05, 0.1) is 57.6 Å². The van der Waals surface area contributed by atoms with Gasteiger partial charge in [0, 0.05) is 38.4 Å². The lowest BCUT2D eigenvalue weighted by Gasteiger charge is -2.11. The monoisotopic (exact) mass is 585 g/mol. The fourth-order valence-electron chi connectivity index (χ4n) is 6.56. The van der Waals surface area contributed by atoms with Gasteiger partial charge in [-0.05, 0) is 77.9 Å². The Balaban J connectivity index is 1.47. The molecular formula is C40H19N5O. The quantitative estimate of drug-likeness (QED) is 0.205. The molecule has 0 amide bonds. The molecule has 0 saturated heterocycles. The summed E-state index contributed by atoms with van der Waals surface area (Å²) in [5.74, 6) is 0. The Kier molecular flexibility index (Phi) is 5.91. The van der Waals surface area contributed by atoms with Crippen molar-refractivity contribution in [2.75, 3.05) is 0 Å². The topological polar surface area (TPSA) is 113 Å². The Morgan fingerprint density at radius 3 is 1.67 bits per heavy atom. The first-order valence-corrected chi connectivity index (χ1v) is 14.5. The summed E-state index contributed by atoms with van der Waals surface area (Å²) in [6, 6.07) is 45.3. The molecule has 8 rings (SSSR count). The highest BCUT2D eigenvalue weighted by atomic mass is 16.3. The van der Waals surface area contributed by atoms with E-state index in [9.17, 15) is 21.0 Å². The highest BCUT2D eigenvalue weighted by Gasteiger charge is 2.19. The lowest BCUT2D eigenvalue weighted by Crippen LogP contribution is -1.95. The van der Waals surface area contributed by atoms with Crippen molar-refractivity contribution < 1.29 is 4.42 Å². The second-order valence-corrected chi connectivity index (χ2v) is 11.0. The van der Waals surface area contributed by atoms with Gasteiger partial charge < -0.3 is 8.98 Å². The van der Waals surface area contributed by atoms with E-state index in [1.165, 1.54) is 0 Å². The molecule has 2 aromatic heterocycles. The number of para-hydroxylation sites is 1. The molecule has 8 aromatic rings. The molecule has 46 heavy (non-hydrogen) atoms. The van der Waals surface area contributed by atoms with Gasteiger partial charge in [0.25, 0.3) is 0 Å². The normalized spacial score (nSPS) is 11.0. The molecule has 0 aliphatic heterocycles. The smallest absolute Gasteiger partial charge is 0.135 e. The number of nitriles is 4. The lowest BCUT2D eigenvalue weighted by molar-refractivity contribution is 0.669. The largest absolute Gasteiger partial charge is 0.456 e. The number of furan rings is 1. The second kappa shape index (κ2) is 10.3. The van der Waals surface area contributed by atoms with Gasteiger partial charge in [0.2, 0.25) is 0 Å². The van der Waals surface area contributed by atoms with Crippen LogP contribution < -0.4 is 0 Å². The average molecular weight is 586 g/mol. The summed E-state index contributed by atoms with van der Waals surface area (Å²) in [5.41, 5.74) is 8.71. The van der Waals surface area contributed by atoms with E-state index >= 15 is 0 Å². The molecule has 6 aromatic carbocycles. The lowest BCUT2D eigenvalue weighted by atomic mass is 9.93. The van der Waals surface area contributed by atoms with E-state index in [2.05, 4.69) is 34.9 Å². The maximum absolute atomic E-state index is 9.93. The fourth-order valence-corrected chi connectivity index (χ4v) is 6.56. The van der Waals surface area contributed by atoms with Crippen LogP contribution in [0.5, 0.6) is 0 Å². The predicted molar refractivity (Wildman–Crippen MR) is 178 cm³/mol. The van der Waals surface area contributed by atoms with Crippen LogP contribution in [-0.2, 0) is 0 Å². The van der Waals surface area contributed by atoms with Crippen molar-refractivity contribution in [2.24, 2.45) is 0 Å². The zero-order valence-corrected chi connectivity index (χ0v) is 24.1. The van der Waals surface area contributed by atoms with E-state index in [1.54, 1.807) is 36.4 Å². The number of aromatic nitrogens is 1. The molecule has 0 aliphatic rings. The number of hydrogen-bond donors (Lipinski definition) is 0.